The maximum atomic E-state index is 13.9. The summed E-state index contributed by atoms with van der Waals surface area (Å²) in [6, 6.07) is 2.02. The van der Waals surface area contributed by atoms with Crippen molar-refractivity contribution in [3.05, 3.63) is 17.9 Å². The van der Waals surface area contributed by atoms with Gasteiger partial charge < -0.3 is 4.74 Å². The number of halogens is 4. The number of nitrogens with zero attached hydrogens (tertiary/aromatic N) is 2. The Bertz CT molecular complexity index is 753. The first-order chi connectivity index (χ1) is 11.2. The molecule has 6 nitrogen and oxygen atoms in total. The highest BCUT2D eigenvalue weighted by Crippen LogP contribution is 2.36. The topological polar surface area (TPSA) is 71.0 Å². The molecule has 0 unspecified atom stereocenters. The Labute approximate surface area is 133 Å². The van der Waals surface area contributed by atoms with Gasteiger partial charge in [0.25, 0.3) is 11.7 Å². The normalized spacial score (nSPS) is 14.1. The summed E-state index contributed by atoms with van der Waals surface area (Å²) in [5.41, 5.74) is 1.74. The molecule has 1 heterocycles. The number of amides is 1. The minimum absolute atomic E-state index is 0.0280. The van der Waals surface area contributed by atoms with E-state index in [0.717, 1.165) is 17.0 Å². The van der Waals surface area contributed by atoms with Crippen molar-refractivity contribution in [1.82, 2.24) is 0 Å². The fourth-order valence-corrected chi connectivity index (χ4v) is 1.81. The van der Waals surface area contributed by atoms with Crippen molar-refractivity contribution >= 4 is 29.3 Å². The molecule has 0 atom stereocenters. The molecule has 1 aliphatic rings. The second kappa shape index (κ2) is 6.57. The lowest BCUT2D eigenvalue weighted by Crippen LogP contribution is -2.39. The van der Waals surface area contributed by atoms with Crippen LogP contribution in [0.15, 0.2) is 17.2 Å². The summed E-state index contributed by atoms with van der Waals surface area (Å²) in [7, 11) is 0. The molecule has 1 aliphatic heterocycles. The third-order valence-corrected chi connectivity index (χ3v) is 2.89. The van der Waals surface area contributed by atoms with E-state index in [0.29, 0.717) is 0 Å². The molecule has 0 aromatic heterocycles. The number of hydrogen-bond acceptors (Lipinski definition) is 5. The highest BCUT2D eigenvalue weighted by Gasteiger charge is 2.37. The second-order valence-electron chi connectivity index (χ2n) is 4.50. The van der Waals surface area contributed by atoms with Gasteiger partial charge >= 0.3 is 6.18 Å². The molecule has 24 heavy (non-hydrogen) atoms. The van der Waals surface area contributed by atoms with Gasteiger partial charge in [-0.15, -0.1) is 6.42 Å². The van der Waals surface area contributed by atoms with Crippen molar-refractivity contribution in [2.45, 2.75) is 6.18 Å². The van der Waals surface area contributed by atoms with Crippen LogP contribution in [0, 0.1) is 18.2 Å². The van der Waals surface area contributed by atoms with Crippen molar-refractivity contribution in [2.75, 3.05) is 23.5 Å². The van der Waals surface area contributed by atoms with Gasteiger partial charge in [0.2, 0.25) is 0 Å². The molecule has 0 fully saturated rings. The van der Waals surface area contributed by atoms with E-state index in [1.54, 1.807) is 0 Å². The number of nitrogens with one attached hydrogen (secondary N) is 1. The molecule has 1 aromatic carbocycles. The number of ketones is 1. The van der Waals surface area contributed by atoms with Crippen molar-refractivity contribution in [3.63, 3.8) is 0 Å². The molecule has 0 aliphatic carbocycles. The van der Waals surface area contributed by atoms with E-state index in [-0.39, 0.29) is 36.5 Å². The van der Waals surface area contributed by atoms with E-state index in [1.165, 1.54) is 0 Å². The smallest absolute Gasteiger partial charge is 0.455 e. The molecular weight excluding hydrogens is 334 g/mol. The molecule has 0 radical (unpaired) electrons. The van der Waals surface area contributed by atoms with Crippen LogP contribution in [-0.4, -0.2) is 37.2 Å². The zero-order valence-corrected chi connectivity index (χ0v) is 11.9. The van der Waals surface area contributed by atoms with Gasteiger partial charge in [0.05, 0.1) is 24.1 Å². The largest absolute Gasteiger partial charge is 0.481 e. The Morgan fingerprint density at radius 3 is 2.83 bits per heavy atom. The zero-order valence-electron chi connectivity index (χ0n) is 11.9. The van der Waals surface area contributed by atoms with Gasteiger partial charge in [0.1, 0.15) is 5.75 Å². The Balaban J connectivity index is 2.27. The molecule has 1 aromatic rings. The lowest BCUT2D eigenvalue weighted by Gasteiger charge is -2.28. The van der Waals surface area contributed by atoms with Gasteiger partial charge in [-0.1, -0.05) is 5.92 Å². The number of alkyl halides is 3. The quantitative estimate of drug-likeness (QED) is 0.391. The predicted octanol–water partition coefficient (Wildman–Crippen LogP) is 1.71. The average Bonchev–Trinajstić information content (AvgIpc) is 2.50. The Morgan fingerprint density at radius 1 is 1.50 bits per heavy atom. The minimum atomic E-state index is -5.08. The first kappa shape index (κ1) is 17.3. The summed E-state index contributed by atoms with van der Waals surface area (Å²) < 4.78 is 55.1. The van der Waals surface area contributed by atoms with Gasteiger partial charge in [0.15, 0.2) is 12.4 Å². The summed E-state index contributed by atoms with van der Waals surface area (Å²) in [6.07, 6.45) is 0.0510. The molecule has 1 amide bonds. The van der Waals surface area contributed by atoms with Crippen molar-refractivity contribution in [1.29, 1.82) is 0 Å². The second-order valence-corrected chi connectivity index (χ2v) is 4.50. The number of terminal acetylenes is 1. The lowest BCUT2D eigenvalue weighted by atomic mass is 10.2. The number of carbonyl (C=O) groups is 2. The molecule has 1 N–H and O–H groups in total. The highest BCUT2D eigenvalue weighted by atomic mass is 19.4. The monoisotopic (exact) mass is 343 g/mol. The van der Waals surface area contributed by atoms with Gasteiger partial charge in [-0.25, -0.2) is 4.39 Å². The molecule has 0 spiro atoms. The minimum Gasteiger partial charge on any atom is -0.481 e. The number of benzene rings is 1. The summed E-state index contributed by atoms with van der Waals surface area (Å²) >= 11 is 0. The van der Waals surface area contributed by atoms with E-state index >= 15 is 0 Å². The molecule has 10 heteroatoms. The summed E-state index contributed by atoms with van der Waals surface area (Å²) in [5, 5.41) is 3.04. The van der Waals surface area contributed by atoms with Crippen LogP contribution in [0.25, 0.3) is 0 Å². The standard InChI is InChI=1S/C14H9F4N3O3/c1-2-3-21-10-5-9(20-19-6-12(22)14(16,17)18)8(15)4-11(10)24-7-13(21)23/h1,4-6,20H,3,7H2/b19-6+. The Morgan fingerprint density at radius 2 is 2.21 bits per heavy atom. The van der Waals surface area contributed by atoms with Crippen LogP contribution >= 0.6 is 0 Å². The van der Waals surface area contributed by atoms with Crippen LogP contribution in [-0.2, 0) is 9.59 Å². The van der Waals surface area contributed by atoms with Crippen molar-refractivity contribution in [2.24, 2.45) is 5.10 Å². The Kier molecular flexibility index (Phi) is 4.73. The summed E-state index contributed by atoms with van der Waals surface area (Å²) in [4.78, 5) is 23.5. The number of rotatable bonds is 4. The van der Waals surface area contributed by atoms with Crippen LogP contribution in [0.2, 0.25) is 0 Å². The maximum Gasteiger partial charge on any atom is 0.455 e. The van der Waals surface area contributed by atoms with Crippen LogP contribution in [0.1, 0.15) is 0 Å². The third-order valence-electron chi connectivity index (χ3n) is 2.89. The van der Waals surface area contributed by atoms with Gasteiger partial charge in [-0.3, -0.25) is 19.9 Å². The van der Waals surface area contributed by atoms with Crippen LogP contribution in [0.3, 0.4) is 0 Å². The van der Waals surface area contributed by atoms with E-state index in [4.69, 9.17) is 11.2 Å². The van der Waals surface area contributed by atoms with Gasteiger partial charge in [-0.05, 0) is 6.07 Å². The average molecular weight is 343 g/mol. The fourth-order valence-electron chi connectivity index (χ4n) is 1.81. The van der Waals surface area contributed by atoms with E-state index in [2.05, 4.69) is 11.0 Å². The van der Waals surface area contributed by atoms with Gasteiger partial charge in [0, 0.05) is 6.07 Å². The number of hydrazone groups is 1. The number of hydrogen-bond donors (Lipinski definition) is 1. The van der Waals surface area contributed by atoms with Gasteiger partial charge in [-0.2, -0.15) is 18.3 Å². The predicted molar refractivity (Wildman–Crippen MR) is 76.3 cm³/mol. The number of Topliss-reactive ketones (excluding diaryl/α,β-unsaturated/α-hetero) is 1. The molecule has 0 saturated carbocycles. The molecule has 2 rings (SSSR count). The Hall–Kier alpha value is -3.09. The lowest BCUT2D eigenvalue weighted by molar-refractivity contribution is -0.162. The molecule has 0 saturated heterocycles. The third kappa shape index (κ3) is 3.62. The molecule has 126 valence electrons. The molecular formula is C14H9F4N3O3. The van der Waals surface area contributed by atoms with Crippen LogP contribution in [0.5, 0.6) is 5.75 Å². The van der Waals surface area contributed by atoms with Crippen molar-refractivity contribution in [3.8, 4) is 18.1 Å². The van der Waals surface area contributed by atoms with Crippen LogP contribution in [0.4, 0.5) is 28.9 Å². The number of fused-ring (bicyclic) bond motifs is 1. The first-order valence-corrected chi connectivity index (χ1v) is 6.34. The molecule has 0 bridgehead atoms. The zero-order chi connectivity index (χ0) is 17.9. The SMILES string of the molecule is C#CCN1C(=O)COc2cc(F)c(N/N=C/C(=O)C(F)(F)F)cc21. The fraction of sp³-hybridized carbons (Fsp3) is 0.214. The van der Waals surface area contributed by atoms with E-state index < -0.39 is 23.7 Å². The number of anilines is 2. The van der Waals surface area contributed by atoms with Crippen molar-refractivity contribution < 1.29 is 31.9 Å². The summed E-state index contributed by atoms with van der Waals surface area (Å²) in [5.74, 6) is -1.28. The summed E-state index contributed by atoms with van der Waals surface area (Å²) in [6.45, 7) is -0.421. The number of ether oxygens (including phenoxy) is 1. The maximum absolute atomic E-state index is 13.9. The first-order valence-electron chi connectivity index (χ1n) is 6.34. The van der Waals surface area contributed by atoms with E-state index in [9.17, 15) is 27.2 Å². The number of carbonyl (C=O) groups excluding carboxylic acids is 2. The van der Waals surface area contributed by atoms with Crippen LogP contribution < -0.4 is 15.1 Å². The highest BCUT2D eigenvalue weighted by molar-refractivity contribution is 6.30. The van der Waals surface area contributed by atoms with E-state index in [1.807, 2.05) is 5.43 Å².